The number of benzene rings is 1. The molecular formula is C18H20ClN3O3. The van der Waals surface area contributed by atoms with Gasteiger partial charge < -0.3 is 19.1 Å². The summed E-state index contributed by atoms with van der Waals surface area (Å²) in [6.45, 7) is 2.07. The largest absolute Gasteiger partial charge is 0.484 e. The van der Waals surface area contributed by atoms with Gasteiger partial charge in [0.15, 0.2) is 6.61 Å². The van der Waals surface area contributed by atoms with Crippen molar-refractivity contribution in [3.8, 4) is 5.75 Å². The third kappa shape index (κ3) is 4.33. The first-order valence-electron chi connectivity index (χ1n) is 8.10. The molecule has 0 spiro atoms. The maximum atomic E-state index is 12.4. The number of ether oxygens (including phenoxy) is 1. The zero-order chi connectivity index (χ0) is 17.8. The van der Waals surface area contributed by atoms with Crippen LogP contribution in [0.25, 0.3) is 0 Å². The number of rotatable bonds is 4. The van der Waals surface area contributed by atoms with Gasteiger partial charge in [-0.2, -0.15) is 0 Å². The van der Waals surface area contributed by atoms with E-state index in [1.165, 1.54) is 0 Å². The fourth-order valence-electron chi connectivity index (χ4n) is 2.74. The Balaban J connectivity index is 1.47. The van der Waals surface area contributed by atoms with Crippen LogP contribution in [0.15, 0.2) is 42.7 Å². The lowest BCUT2D eigenvalue weighted by molar-refractivity contribution is -0.134. The molecule has 6 nitrogen and oxygen atoms in total. The molecule has 1 aromatic carbocycles. The Morgan fingerprint density at radius 3 is 2.28 bits per heavy atom. The van der Waals surface area contributed by atoms with E-state index in [1.54, 1.807) is 46.3 Å². The number of carbonyl (C=O) groups is 2. The monoisotopic (exact) mass is 361 g/mol. The molecule has 1 saturated heterocycles. The standard InChI is InChI=1S/C18H20ClN3O3/c1-20-7-6-14(12-20)18(24)22-10-8-21(9-11-22)17(23)13-25-16-4-2-15(19)3-5-16/h2-7,12H,8-11,13H2,1H3. The van der Waals surface area contributed by atoms with Crippen molar-refractivity contribution in [1.29, 1.82) is 0 Å². The number of hydrogen-bond donors (Lipinski definition) is 0. The molecule has 0 saturated carbocycles. The molecule has 3 rings (SSSR count). The van der Waals surface area contributed by atoms with E-state index in [1.807, 2.05) is 17.8 Å². The molecule has 1 aromatic heterocycles. The van der Waals surface area contributed by atoms with Crippen molar-refractivity contribution in [2.24, 2.45) is 7.05 Å². The number of aromatic nitrogens is 1. The highest BCUT2D eigenvalue weighted by molar-refractivity contribution is 6.30. The number of hydrogen-bond acceptors (Lipinski definition) is 3. The lowest BCUT2D eigenvalue weighted by Crippen LogP contribution is -2.51. The van der Waals surface area contributed by atoms with Crippen LogP contribution in [-0.4, -0.2) is 59.0 Å². The van der Waals surface area contributed by atoms with Crippen LogP contribution in [0.3, 0.4) is 0 Å². The summed E-state index contributed by atoms with van der Waals surface area (Å²) in [7, 11) is 1.88. The summed E-state index contributed by atoms with van der Waals surface area (Å²) in [5.41, 5.74) is 0.674. The number of aryl methyl sites for hydroxylation is 1. The van der Waals surface area contributed by atoms with Crippen LogP contribution in [0.2, 0.25) is 5.02 Å². The van der Waals surface area contributed by atoms with Crippen molar-refractivity contribution in [3.05, 3.63) is 53.3 Å². The van der Waals surface area contributed by atoms with Gasteiger partial charge in [0.2, 0.25) is 0 Å². The van der Waals surface area contributed by atoms with Crippen LogP contribution in [0.1, 0.15) is 10.4 Å². The van der Waals surface area contributed by atoms with E-state index in [9.17, 15) is 9.59 Å². The van der Waals surface area contributed by atoms with Gasteiger partial charge in [-0.05, 0) is 30.3 Å². The van der Waals surface area contributed by atoms with Crippen molar-refractivity contribution >= 4 is 23.4 Å². The van der Waals surface area contributed by atoms with Crippen LogP contribution in [0, 0.1) is 0 Å². The summed E-state index contributed by atoms with van der Waals surface area (Å²) in [5.74, 6) is 0.530. The first-order valence-corrected chi connectivity index (χ1v) is 8.48. The number of halogens is 1. The fraction of sp³-hybridized carbons (Fsp3) is 0.333. The van der Waals surface area contributed by atoms with E-state index in [0.29, 0.717) is 42.5 Å². The van der Waals surface area contributed by atoms with E-state index in [-0.39, 0.29) is 18.4 Å². The highest BCUT2D eigenvalue weighted by atomic mass is 35.5. The minimum atomic E-state index is -0.0817. The molecule has 1 fully saturated rings. The topological polar surface area (TPSA) is 54.8 Å². The van der Waals surface area contributed by atoms with Crippen LogP contribution in [-0.2, 0) is 11.8 Å². The van der Waals surface area contributed by atoms with E-state index in [2.05, 4.69) is 0 Å². The van der Waals surface area contributed by atoms with Gasteiger partial charge >= 0.3 is 0 Å². The quantitative estimate of drug-likeness (QED) is 0.837. The molecule has 1 aliphatic rings. The molecule has 0 unspecified atom stereocenters. The Morgan fingerprint density at radius 2 is 1.68 bits per heavy atom. The van der Waals surface area contributed by atoms with Crippen LogP contribution in [0.4, 0.5) is 0 Å². The van der Waals surface area contributed by atoms with Crippen LogP contribution in [0.5, 0.6) is 5.75 Å². The third-order valence-electron chi connectivity index (χ3n) is 4.17. The molecule has 2 aromatic rings. The smallest absolute Gasteiger partial charge is 0.260 e. The molecule has 0 N–H and O–H groups in total. The van der Waals surface area contributed by atoms with Crippen LogP contribution >= 0.6 is 11.6 Å². The van der Waals surface area contributed by atoms with Crippen molar-refractivity contribution in [2.75, 3.05) is 32.8 Å². The summed E-state index contributed by atoms with van der Waals surface area (Å²) >= 11 is 5.82. The van der Waals surface area contributed by atoms with Gasteiger partial charge in [0.05, 0.1) is 5.56 Å². The van der Waals surface area contributed by atoms with Gasteiger partial charge in [-0.1, -0.05) is 11.6 Å². The predicted molar refractivity (Wildman–Crippen MR) is 94.8 cm³/mol. The summed E-state index contributed by atoms with van der Waals surface area (Å²) in [4.78, 5) is 28.2. The molecule has 1 aliphatic heterocycles. The zero-order valence-electron chi connectivity index (χ0n) is 14.0. The summed E-state index contributed by atoms with van der Waals surface area (Å²) in [5, 5.41) is 0.623. The molecule has 0 bridgehead atoms. The predicted octanol–water partition coefficient (Wildman–Crippen LogP) is 2.04. The van der Waals surface area contributed by atoms with E-state index in [4.69, 9.17) is 16.3 Å². The van der Waals surface area contributed by atoms with Crippen molar-refractivity contribution in [1.82, 2.24) is 14.4 Å². The third-order valence-corrected chi connectivity index (χ3v) is 4.43. The Kier molecular flexibility index (Phi) is 5.28. The number of amides is 2. The highest BCUT2D eigenvalue weighted by Crippen LogP contribution is 2.16. The van der Waals surface area contributed by atoms with Gasteiger partial charge in [-0.25, -0.2) is 0 Å². The summed E-state index contributed by atoms with van der Waals surface area (Å²) in [6.07, 6.45) is 3.65. The number of piperazine rings is 1. The molecule has 7 heteroatoms. The second-order valence-electron chi connectivity index (χ2n) is 5.98. The van der Waals surface area contributed by atoms with Gasteiger partial charge in [0.1, 0.15) is 5.75 Å². The van der Waals surface area contributed by atoms with E-state index in [0.717, 1.165) is 0 Å². The number of carbonyl (C=O) groups excluding carboxylic acids is 2. The van der Waals surface area contributed by atoms with Crippen LogP contribution < -0.4 is 4.74 Å². The van der Waals surface area contributed by atoms with Gasteiger partial charge in [0.25, 0.3) is 11.8 Å². The lowest BCUT2D eigenvalue weighted by Gasteiger charge is -2.34. The molecule has 2 amide bonds. The highest BCUT2D eigenvalue weighted by Gasteiger charge is 2.25. The minimum absolute atomic E-state index is 0.00473. The van der Waals surface area contributed by atoms with Gasteiger partial charge in [-0.3, -0.25) is 9.59 Å². The lowest BCUT2D eigenvalue weighted by atomic mass is 10.2. The van der Waals surface area contributed by atoms with Crippen molar-refractivity contribution in [2.45, 2.75) is 0 Å². The van der Waals surface area contributed by atoms with Gasteiger partial charge in [0, 0.05) is 50.6 Å². The normalized spacial score (nSPS) is 14.5. The second kappa shape index (κ2) is 7.61. The molecule has 132 valence electrons. The Labute approximate surface area is 151 Å². The Hall–Kier alpha value is -2.47. The Morgan fingerprint density at radius 1 is 1.04 bits per heavy atom. The number of nitrogens with zero attached hydrogens (tertiary/aromatic N) is 3. The first-order chi connectivity index (χ1) is 12.0. The second-order valence-corrected chi connectivity index (χ2v) is 6.42. The Bertz CT molecular complexity index is 749. The first kappa shape index (κ1) is 17.4. The minimum Gasteiger partial charge on any atom is -0.484 e. The molecule has 2 heterocycles. The molecule has 25 heavy (non-hydrogen) atoms. The molecule has 0 atom stereocenters. The maximum Gasteiger partial charge on any atom is 0.260 e. The van der Waals surface area contributed by atoms with Gasteiger partial charge in [-0.15, -0.1) is 0 Å². The summed E-state index contributed by atoms with van der Waals surface area (Å²) < 4.78 is 7.34. The fourth-order valence-corrected chi connectivity index (χ4v) is 2.86. The van der Waals surface area contributed by atoms with Crippen molar-refractivity contribution in [3.63, 3.8) is 0 Å². The zero-order valence-corrected chi connectivity index (χ0v) is 14.8. The average Bonchev–Trinajstić information content (AvgIpc) is 3.07. The van der Waals surface area contributed by atoms with E-state index < -0.39 is 0 Å². The average molecular weight is 362 g/mol. The van der Waals surface area contributed by atoms with E-state index >= 15 is 0 Å². The molecule has 0 aliphatic carbocycles. The maximum absolute atomic E-state index is 12.4. The SMILES string of the molecule is Cn1ccc(C(=O)N2CCN(C(=O)COc3ccc(Cl)cc3)CC2)c1. The molecule has 0 radical (unpaired) electrons. The summed E-state index contributed by atoms with van der Waals surface area (Å²) in [6, 6.07) is 8.70. The molecular weight excluding hydrogens is 342 g/mol. The van der Waals surface area contributed by atoms with Crippen molar-refractivity contribution < 1.29 is 14.3 Å².